The maximum atomic E-state index is 12.7. The Hall–Kier alpha value is -1.50. The molecule has 0 aliphatic carbocycles. The first kappa shape index (κ1) is 13.2. The van der Waals surface area contributed by atoms with Crippen molar-refractivity contribution in [2.24, 2.45) is 0 Å². The number of hydrogen-bond donors (Lipinski definition) is 1. The second-order valence-electron chi connectivity index (χ2n) is 5.18. The van der Waals surface area contributed by atoms with E-state index in [9.17, 15) is 4.79 Å². The summed E-state index contributed by atoms with van der Waals surface area (Å²) in [4.78, 5) is 20.7. The molecule has 3 aromatic heterocycles. The number of hydrogen-bond acceptors (Lipinski definition) is 5. The van der Waals surface area contributed by atoms with Gasteiger partial charge in [-0.1, -0.05) is 6.07 Å². The molecule has 6 heteroatoms. The molecule has 4 heterocycles. The van der Waals surface area contributed by atoms with Gasteiger partial charge in [0.1, 0.15) is 4.83 Å². The van der Waals surface area contributed by atoms with Gasteiger partial charge in [-0.15, -0.1) is 22.7 Å². The summed E-state index contributed by atoms with van der Waals surface area (Å²) < 4.78 is 1.76. The first-order valence-corrected chi connectivity index (χ1v) is 8.75. The molecule has 1 aliphatic heterocycles. The number of aryl methyl sites for hydroxylation is 2. The van der Waals surface area contributed by atoms with Crippen LogP contribution in [-0.2, 0) is 25.9 Å². The third-order valence-corrected chi connectivity index (χ3v) is 5.95. The maximum absolute atomic E-state index is 12.7. The Labute approximate surface area is 130 Å². The molecule has 0 bridgehead atoms. The molecule has 4 nitrogen and oxygen atoms in total. The summed E-state index contributed by atoms with van der Waals surface area (Å²) in [5.74, 6) is 0. The molecule has 21 heavy (non-hydrogen) atoms. The van der Waals surface area contributed by atoms with E-state index in [0.717, 1.165) is 36.1 Å². The Morgan fingerprint density at radius 2 is 2.38 bits per heavy atom. The molecule has 108 valence electrons. The summed E-state index contributed by atoms with van der Waals surface area (Å²) >= 11 is 3.39. The molecule has 1 aliphatic rings. The van der Waals surface area contributed by atoms with Gasteiger partial charge in [0.2, 0.25) is 0 Å². The van der Waals surface area contributed by atoms with Crippen LogP contribution in [0.2, 0.25) is 0 Å². The molecule has 0 spiro atoms. The summed E-state index contributed by atoms with van der Waals surface area (Å²) in [5, 5.41) is 6.28. The average Bonchev–Trinajstić information content (AvgIpc) is 3.13. The predicted octanol–water partition coefficient (Wildman–Crippen LogP) is 2.41. The lowest BCUT2D eigenvalue weighted by Crippen LogP contribution is -2.25. The maximum Gasteiger partial charge on any atom is 0.262 e. The van der Waals surface area contributed by atoms with Gasteiger partial charge in [0, 0.05) is 22.8 Å². The van der Waals surface area contributed by atoms with Gasteiger partial charge in [0.05, 0.1) is 11.7 Å². The third kappa shape index (κ3) is 2.33. The van der Waals surface area contributed by atoms with Crippen LogP contribution in [0.4, 0.5) is 0 Å². The highest BCUT2D eigenvalue weighted by Gasteiger charge is 2.19. The molecule has 0 aromatic carbocycles. The molecule has 0 atom stereocenters. The minimum absolute atomic E-state index is 0.121. The predicted molar refractivity (Wildman–Crippen MR) is 87.3 cm³/mol. The lowest BCUT2D eigenvalue weighted by atomic mass is 10.1. The Balaban J connectivity index is 1.73. The van der Waals surface area contributed by atoms with E-state index in [0.29, 0.717) is 6.54 Å². The highest BCUT2D eigenvalue weighted by Crippen LogP contribution is 2.29. The number of nitrogens with zero attached hydrogens (tertiary/aromatic N) is 2. The quantitative estimate of drug-likeness (QED) is 0.807. The molecule has 0 saturated carbocycles. The highest BCUT2D eigenvalue weighted by molar-refractivity contribution is 7.18. The monoisotopic (exact) mass is 317 g/mol. The van der Waals surface area contributed by atoms with Gasteiger partial charge in [-0.2, -0.15) is 0 Å². The minimum atomic E-state index is 0.121. The molecule has 0 unspecified atom stereocenters. The van der Waals surface area contributed by atoms with Gasteiger partial charge < -0.3 is 5.32 Å². The fourth-order valence-electron chi connectivity index (χ4n) is 2.79. The van der Waals surface area contributed by atoms with Crippen molar-refractivity contribution in [3.05, 3.63) is 49.5 Å². The van der Waals surface area contributed by atoms with E-state index in [2.05, 4.69) is 21.7 Å². The van der Waals surface area contributed by atoms with Gasteiger partial charge >= 0.3 is 0 Å². The van der Waals surface area contributed by atoms with Gasteiger partial charge in [-0.3, -0.25) is 9.36 Å². The summed E-state index contributed by atoms with van der Waals surface area (Å²) in [7, 11) is 0. The van der Waals surface area contributed by atoms with Crippen LogP contribution in [0.1, 0.15) is 15.3 Å². The van der Waals surface area contributed by atoms with Crippen LogP contribution in [0.3, 0.4) is 0 Å². The lowest BCUT2D eigenvalue weighted by molar-refractivity contribution is 0.651. The Morgan fingerprint density at radius 3 is 3.24 bits per heavy atom. The molecule has 3 aromatic rings. The smallest absolute Gasteiger partial charge is 0.262 e. The van der Waals surface area contributed by atoms with E-state index in [1.807, 2.05) is 6.07 Å². The molecule has 1 N–H and O–H groups in total. The Bertz CT molecular complexity index is 833. The standard InChI is InChI=1S/C15H15N3OS2/c19-15-13-11-3-5-16-8-12(11)21-14(13)17-9-18(15)6-4-10-2-1-7-20-10/h1-2,7,9,16H,3-6,8H2. The first-order chi connectivity index (χ1) is 10.3. The topological polar surface area (TPSA) is 46.9 Å². The molecular weight excluding hydrogens is 302 g/mol. The second kappa shape index (κ2) is 5.36. The zero-order chi connectivity index (χ0) is 14.2. The van der Waals surface area contributed by atoms with E-state index in [4.69, 9.17) is 0 Å². The molecule has 4 rings (SSSR count). The molecule has 0 saturated heterocycles. The van der Waals surface area contributed by atoms with Crippen LogP contribution in [0.25, 0.3) is 10.2 Å². The largest absolute Gasteiger partial charge is 0.312 e. The fraction of sp³-hybridized carbons (Fsp3) is 0.333. The number of fused-ring (bicyclic) bond motifs is 3. The molecule has 0 amide bonds. The molecule has 0 fully saturated rings. The zero-order valence-electron chi connectivity index (χ0n) is 11.5. The van der Waals surface area contributed by atoms with E-state index in [1.54, 1.807) is 33.6 Å². The second-order valence-corrected chi connectivity index (χ2v) is 7.30. The normalized spacial score (nSPS) is 14.5. The van der Waals surface area contributed by atoms with Crippen LogP contribution < -0.4 is 10.9 Å². The van der Waals surface area contributed by atoms with Crippen LogP contribution >= 0.6 is 22.7 Å². The lowest BCUT2D eigenvalue weighted by Gasteiger charge is -2.12. The van der Waals surface area contributed by atoms with Gasteiger partial charge in [-0.25, -0.2) is 4.98 Å². The third-order valence-electron chi connectivity index (χ3n) is 3.88. The molecule has 0 radical (unpaired) electrons. The number of aromatic nitrogens is 2. The van der Waals surface area contributed by atoms with Gasteiger partial charge in [0.15, 0.2) is 0 Å². The Kier molecular flexibility index (Phi) is 3.37. The van der Waals surface area contributed by atoms with Crippen molar-refractivity contribution in [2.75, 3.05) is 6.54 Å². The number of rotatable bonds is 3. The van der Waals surface area contributed by atoms with E-state index < -0.39 is 0 Å². The Morgan fingerprint density at radius 1 is 1.43 bits per heavy atom. The van der Waals surface area contributed by atoms with E-state index in [1.165, 1.54) is 15.3 Å². The molecular formula is C15H15N3OS2. The zero-order valence-corrected chi connectivity index (χ0v) is 13.1. The number of thiophene rings is 2. The van der Waals surface area contributed by atoms with Crippen LogP contribution in [-0.4, -0.2) is 16.1 Å². The SMILES string of the molecule is O=c1c2c3c(sc2ncn1CCc1cccs1)CNCC3. The fourth-order valence-corrected chi connectivity index (χ4v) is 4.64. The summed E-state index contributed by atoms with van der Waals surface area (Å²) in [5.41, 5.74) is 1.34. The van der Waals surface area contributed by atoms with Crippen LogP contribution in [0.15, 0.2) is 28.6 Å². The first-order valence-electron chi connectivity index (χ1n) is 7.06. The van der Waals surface area contributed by atoms with E-state index >= 15 is 0 Å². The van der Waals surface area contributed by atoms with Crippen molar-refractivity contribution in [2.45, 2.75) is 25.9 Å². The van der Waals surface area contributed by atoms with Gasteiger partial charge in [-0.05, 0) is 36.4 Å². The highest BCUT2D eigenvalue weighted by atomic mass is 32.1. The number of nitrogens with one attached hydrogen (secondary N) is 1. The van der Waals surface area contributed by atoms with Gasteiger partial charge in [0.25, 0.3) is 5.56 Å². The minimum Gasteiger partial charge on any atom is -0.312 e. The summed E-state index contributed by atoms with van der Waals surface area (Å²) in [6, 6.07) is 4.16. The van der Waals surface area contributed by atoms with Crippen molar-refractivity contribution in [3.63, 3.8) is 0 Å². The van der Waals surface area contributed by atoms with Crippen LogP contribution in [0, 0.1) is 0 Å². The van der Waals surface area contributed by atoms with Crippen LogP contribution in [0.5, 0.6) is 0 Å². The summed E-state index contributed by atoms with van der Waals surface area (Å²) in [6.45, 7) is 2.51. The summed E-state index contributed by atoms with van der Waals surface area (Å²) in [6.07, 6.45) is 3.52. The van der Waals surface area contributed by atoms with E-state index in [-0.39, 0.29) is 5.56 Å². The van der Waals surface area contributed by atoms with Crippen molar-refractivity contribution in [1.29, 1.82) is 0 Å². The van der Waals surface area contributed by atoms with Crippen molar-refractivity contribution in [1.82, 2.24) is 14.9 Å². The van der Waals surface area contributed by atoms with Crippen molar-refractivity contribution >= 4 is 32.9 Å². The average molecular weight is 317 g/mol. The van der Waals surface area contributed by atoms with Crippen molar-refractivity contribution in [3.8, 4) is 0 Å². The van der Waals surface area contributed by atoms with Crippen molar-refractivity contribution < 1.29 is 0 Å².